The molecule has 3 rings (SSSR count). The van der Waals surface area contributed by atoms with Crippen molar-refractivity contribution in [3.63, 3.8) is 0 Å². The van der Waals surface area contributed by atoms with Crippen LogP contribution in [0.5, 0.6) is 11.5 Å². The summed E-state index contributed by atoms with van der Waals surface area (Å²) < 4.78 is 24.2. The lowest BCUT2D eigenvalue weighted by atomic mass is 9.77. The number of nitrogens with one attached hydrogen (secondary N) is 2. The first-order chi connectivity index (χ1) is 16.8. The summed E-state index contributed by atoms with van der Waals surface area (Å²) in [7, 11) is 1.58. The highest BCUT2D eigenvalue weighted by molar-refractivity contribution is 6.30. The van der Waals surface area contributed by atoms with Gasteiger partial charge in [0.15, 0.2) is 6.61 Å². The second-order valence-corrected chi connectivity index (χ2v) is 9.35. The van der Waals surface area contributed by atoms with Gasteiger partial charge < -0.3 is 25.2 Å². The van der Waals surface area contributed by atoms with Gasteiger partial charge in [0.25, 0.3) is 5.91 Å². The van der Waals surface area contributed by atoms with Gasteiger partial charge in [0, 0.05) is 18.2 Å². The zero-order chi connectivity index (χ0) is 25.3. The van der Waals surface area contributed by atoms with E-state index in [1.165, 1.54) is 12.1 Å². The van der Waals surface area contributed by atoms with Crippen LogP contribution >= 0.6 is 11.6 Å². The zero-order valence-corrected chi connectivity index (χ0v) is 20.6. The predicted molar refractivity (Wildman–Crippen MR) is 131 cm³/mol. The molecule has 7 nitrogen and oxygen atoms in total. The van der Waals surface area contributed by atoms with Crippen molar-refractivity contribution >= 4 is 23.4 Å². The Labute approximate surface area is 210 Å². The Morgan fingerprint density at radius 3 is 2.60 bits per heavy atom. The van der Waals surface area contributed by atoms with Crippen molar-refractivity contribution < 1.29 is 28.6 Å². The number of aliphatic hydroxyl groups excluding tert-OH is 1. The number of hydrogen-bond donors (Lipinski definition) is 3. The third-order valence-electron chi connectivity index (χ3n) is 6.15. The molecule has 3 N–H and O–H groups in total. The van der Waals surface area contributed by atoms with Crippen molar-refractivity contribution in [2.45, 2.75) is 63.1 Å². The van der Waals surface area contributed by atoms with Crippen molar-refractivity contribution in [2.24, 2.45) is 0 Å². The highest BCUT2D eigenvalue weighted by Gasteiger charge is 2.36. The van der Waals surface area contributed by atoms with Crippen LogP contribution in [-0.4, -0.2) is 42.3 Å². The Bertz CT molecular complexity index is 1010. The van der Waals surface area contributed by atoms with Crippen molar-refractivity contribution in [1.82, 2.24) is 10.6 Å². The van der Waals surface area contributed by atoms with Gasteiger partial charge >= 0.3 is 0 Å². The minimum atomic E-state index is -0.912. The fourth-order valence-corrected chi connectivity index (χ4v) is 4.57. The molecule has 1 aliphatic carbocycles. The van der Waals surface area contributed by atoms with Crippen LogP contribution in [-0.2, 0) is 16.1 Å². The van der Waals surface area contributed by atoms with Gasteiger partial charge in [0.2, 0.25) is 5.91 Å². The van der Waals surface area contributed by atoms with Gasteiger partial charge in [-0.05, 0) is 49.1 Å². The third-order valence-corrected chi connectivity index (χ3v) is 6.45. The first-order valence-electron chi connectivity index (χ1n) is 11.8. The molecule has 1 atom stereocenters. The molecule has 1 unspecified atom stereocenters. The van der Waals surface area contributed by atoms with Gasteiger partial charge in [0.05, 0.1) is 24.7 Å². The van der Waals surface area contributed by atoms with Gasteiger partial charge in [0.1, 0.15) is 17.3 Å². The summed E-state index contributed by atoms with van der Waals surface area (Å²) in [6, 6.07) is 11.4. The van der Waals surface area contributed by atoms with Crippen molar-refractivity contribution in [3.05, 3.63) is 58.9 Å². The van der Waals surface area contributed by atoms with E-state index in [1.807, 2.05) is 24.3 Å². The summed E-state index contributed by atoms with van der Waals surface area (Å²) in [5.41, 5.74) is 0.278. The molecule has 2 amide bonds. The number of ether oxygens (including phenoxy) is 2. The molecular weight excluding hydrogens is 475 g/mol. The number of benzene rings is 2. The minimum absolute atomic E-state index is 0.0236. The number of carbonyl (C=O) groups excluding carboxylic acids is 2. The second-order valence-electron chi connectivity index (χ2n) is 8.94. The maximum atomic E-state index is 13.6. The molecule has 0 saturated heterocycles. The molecule has 1 fully saturated rings. The molecule has 35 heavy (non-hydrogen) atoms. The van der Waals surface area contributed by atoms with Crippen LogP contribution in [0.2, 0.25) is 5.02 Å². The maximum absolute atomic E-state index is 13.6. The molecule has 2 aromatic carbocycles. The summed E-state index contributed by atoms with van der Waals surface area (Å²) in [6.45, 7) is 0.0349. The molecular formula is C26H32ClFN2O5. The fourth-order valence-electron chi connectivity index (χ4n) is 4.45. The first-order valence-corrected chi connectivity index (χ1v) is 12.1. The number of carbonyl (C=O) groups is 2. The first kappa shape index (κ1) is 26.8. The van der Waals surface area contributed by atoms with E-state index in [0.717, 1.165) is 30.9 Å². The molecule has 9 heteroatoms. The molecule has 0 radical (unpaired) electrons. The Morgan fingerprint density at radius 1 is 1.11 bits per heavy atom. The largest absolute Gasteiger partial charge is 0.497 e. The van der Waals surface area contributed by atoms with E-state index in [0.29, 0.717) is 25.1 Å². The summed E-state index contributed by atoms with van der Waals surface area (Å²) in [5.74, 6) is -0.354. The average molecular weight is 507 g/mol. The topological polar surface area (TPSA) is 96.9 Å². The highest BCUT2D eigenvalue weighted by atomic mass is 35.5. The molecule has 0 bridgehead atoms. The lowest BCUT2D eigenvalue weighted by Gasteiger charge is -2.39. The van der Waals surface area contributed by atoms with Crippen molar-refractivity contribution in [3.8, 4) is 11.5 Å². The summed E-state index contributed by atoms with van der Waals surface area (Å²) >= 11 is 5.67. The van der Waals surface area contributed by atoms with E-state index in [-0.39, 0.29) is 42.0 Å². The van der Waals surface area contributed by atoms with Crippen LogP contribution < -0.4 is 20.1 Å². The quantitative estimate of drug-likeness (QED) is 0.425. The highest BCUT2D eigenvalue weighted by Crippen LogP contribution is 2.33. The number of rotatable bonds is 11. The van der Waals surface area contributed by atoms with E-state index in [4.69, 9.17) is 21.1 Å². The minimum Gasteiger partial charge on any atom is -0.497 e. The molecule has 0 aliphatic heterocycles. The van der Waals surface area contributed by atoms with Crippen LogP contribution in [0.25, 0.3) is 0 Å². The van der Waals surface area contributed by atoms with Crippen LogP contribution in [0.15, 0.2) is 42.5 Å². The molecule has 1 aliphatic rings. The maximum Gasteiger partial charge on any atom is 0.258 e. The standard InChI is InChI=1S/C26H32ClFN2O5/c1-34-20-7-5-6-18(12-20)16-29-24(32)13-19(31)15-26(10-3-2-4-11-26)30-25(33)17-35-21-8-9-22(27)23(28)14-21/h5-9,12,14,19,31H,2-4,10-11,13,15-17H2,1H3,(H,29,32)(H,30,33). The number of methoxy groups -OCH3 is 1. The molecule has 2 aromatic rings. The lowest BCUT2D eigenvalue weighted by Crippen LogP contribution is -2.53. The Morgan fingerprint density at radius 2 is 1.89 bits per heavy atom. The normalized spacial score (nSPS) is 15.7. The summed E-state index contributed by atoms with van der Waals surface area (Å²) in [5, 5.41) is 16.5. The van der Waals surface area contributed by atoms with Gasteiger partial charge in [-0.3, -0.25) is 9.59 Å². The molecule has 1 saturated carbocycles. The molecule has 190 valence electrons. The van der Waals surface area contributed by atoms with Crippen molar-refractivity contribution in [2.75, 3.05) is 13.7 Å². The SMILES string of the molecule is COc1cccc(CNC(=O)CC(O)CC2(NC(=O)COc3ccc(Cl)c(F)c3)CCCCC2)c1. The van der Waals surface area contributed by atoms with Crippen LogP contribution in [0, 0.1) is 5.82 Å². The van der Waals surface area contributed by atoms with E-state index >= 15 is 0 Å². The van der Waals surface area contributed by atoms with Gasteiger partial charge in [-0.2, -0.15) is 0 Å². The Kier molecular flexibility index (Phi) is 9.74. The van der Waals surface area contributed by atoms with Crippen LogP contribution in [0.4, 0.5) is 4.39 Å². The summed E-state index contributed by atoms with van der Waals surface area (Å²) in [6.07, 6.45) is 3.58. The monoisotopic (exact) mass is 506 g/mol. The van der Waals surface area contributed by atoms with E-state index in [2.05, 4.69) is 10.6 Å². The number of hydrogen-bond acceptors (Lipinski definition) is 5. The van der Waals surface area contributed by atoms with E-state index < -0.39 is 17.5 Å². The second kappa shape index (κ2) is 12.7. The van der Waals surface area contributed by atoms with Gasteiger partial charge in [-0.1, -0.05) is 43.0 Å². The zero-order valence-electron chi connectivity index (χ0n) is 19.8. The van der Waals surface area contributed by atoms with Gasteiger partial charge in [-0.15, -0.1) is 0 Å². The Hall–Kier alpha value is -2.84. The lowest BCUT2D eigenvalue weighted by molar-refractivity contribution is -0.126. The third kappa shape index (κ3) is 8.40. The smallest absolute Gasteiger partial charge is 0.258 e. The number of amides is 2. The summed E-state index contributed by atoms with van der Waals surface area (Å²) in [4.78, 5) is 25.0. The fraction of sp³-hybridized carbons (Fsp3) is 0.462. The van der Waals surface area contributed by atoms with Crippen molar-refractivity contribution in [1.29, 1.82) is 0 Å². The molecule has 0 aromatic heterocycles. The molecule has 0 spiro atoms. The van der Waals surface area contributed by atoms with E-state index in [9.17, 15) is 19.1 Å². The Balaban J connectivity index is 1.51. The van der Waals surface area contributed by atoms with Gasteiger partial charge in [-0.25, -0.2) is 4.39 Å². The number of aliphatic hydroxyl groups is 1. The van der Waals surface area contributed by atoms with E-state index in [1.54, 1.807) is 7.11 Å². The average Bonchev–Trinajstić information content (AvgIpc) is 2.84. The molecule has 0 heterocycles. The van der Waals surface area contributed by atoms with Crippen LogP contribution in [0.3, 0.4) is 0 Å². The predicted octanol–water partition coefficient (Wildman–Crippen LogP) is 4.14. The van der Waals surface area contributed by atoms with Crippen LogP contribution in [0.1, 0.15) is 50.5 Å². The number of halogens is 2.